The first-order valence-electron chi connectivity index (χ1n) is 9.87. The van der Waals surface area contributed by atoms with Gasteiger partial charge in [-0.1, -0.05) is 17.3 Å². The SMILES string of the molecule is COc1ccc(-c2noc(-c3ccccc3C(=O)Nc3ccc(C(N)=O)cc3)n2)cc1OC. The highest BCUT2D eigenvalue weighted by atomic mass is 16.5. The quantitative estimate of drug-likeness (QED) is 0.444. The predicted molar refractivity (Wildman–Crippen MR) is 121 cm³/mol. The van der Waals surface area contributed by atoms with Crippen LogP contribution in [0.4, 0.5) is 5.69 Å². The lowest BCUT2D eigenvalue weighted by molar-refractivity contribution is 0.0998. The van der Waals surface area contributed by atoms with Gasteiger partial charge in [-0.15, -0.1) is 0 Å². The number of benzene rings is 3. The molecule has 3 N–H and O–H groups in total. The van der Waals surface area contributed by atoms with Crippen molar-refractivity contribution in [2.45, 2.75) is 0 Å². The first-order chi connectivity index (χ1) is 16.0. The molecular formula is C24H20N4O5. The molecule has 3 aromatic carbocycles. The Bertz CT molecular complexity index is 1310. The Balaban J connectivity index is 1.61. The number of carbonyl (C=O) groups is 2. The fourth-order valence-electron chi connectivity index (χ4n) is 3.21. The number of nitrogens with zero attached hydrogens (tertiary/aromatic N) is 2. The van der Waals surface area contributed by atoms with Crippen molar-refractivity contribution in [1.82, 2.24) is 10.1 Å². The highest BCUT2D eigenvalue weighted by molar-refractivity contribution is 6.08. The third kappa shape index (κ3) is 4.52. The monoisotopic (exact) mass is 444 g/mol. The molecule has 0 aliphatic carbocycles. The van der Waals surface area contributed by atoms with E-state index in [1.54, 1.807) is 68.8 Å². The number of ether oxygens (including phenoxy) is 2. The number of carbonyl (C=O) groups excluding carboxylic acids is 2. The molecule has 33 heavy (non-hydrogen) atoms. The van der Waals surface area contributed by atoms with Crippen LogP contribution in [0.3, 0.4) is 0 Å². The van der Waals surface area contributed by atoms with Crippen LogP contribution in [-0.4, -0.2) is 36.2 Å². The van der Waals surface area contributed by atoms with Gasteiger partial charge in [-0.05, 0) is 54.6 Å². The number of aromatic nitrogens is 2. The smallest absolute Gasteiger partial charge is 0.259 e. The molecule has 0 unspecified atom stereocenters. The molecule has 1 heterocycles. The molecule has 9 heteroatoms. The van der Waals surface area contributed by atoms with Gasteiger partial charge in [0.15, 0.2) is 11.5 Å². The van der Waals surface area contributed by atoms with Crippen molar-refractivity contribution in [3.05, 3.63) is 77.9 Å². The van der Waals surface area contributed by atoms with Crippen molar-refractivity contribution < 1.29 is 23.6 Å². The maximum atomic E-state index is 12.9. The second kappa shape index (κ2) is 9.23. The molecule has 166 valence electrons. The van der Waals surface area contributed by atoms with Crippen LogP contribution < -0.4 is 20.5 Å². The largest absolute Gasteiger partial charge is 0.493 e. The maximum Gasteiger partial charge on any atom is 0.259 e. The Morgan fingerprint density at radius 1 is 0.939 bits per heavy atom. The van der Waals surface area contributed by atoms with Crippen molar-refractivity contribution in [2.75, 3.05) is 19.5 Å². The van der Waals surface area contributed by atoms with Crippen molar-refractivity contribution in [1.29, 1.82) is 0 Å². The van der Waals surface area contributed by atoms with E-state index >= 15 is 0 Å². The molecule has 4 rings (SSSR count). The summed E-state index contributed by atoms with van der Waals surface area (Å²) in [5, 5.41) is 6.84. The van der Waals surface area contributed by atoms with Crippen molar-refractivity contribution >= 4 is 17.5 Å². The zero-order valence-electron chi connectivity index (χ0n) is 17.9. The minimum absolute atomic E-state index is 0.189. The zero-order chi connectivity index (χ0) is 23.4. The molecule has 0 atom stereocenters. The highest BCUT2D eigenvalue weighted by Crippen LogP contribution is 2.32. The van der Waals surface area contributed by atoms with Gasteiger partial charge in [0.2, 0.25) is 11.7 Å². The molecule has 1 aromatic heterocycles. The third-order valence-corrected chi connectivity index (χ3v) is 4.90. The molecule has 0 bridgehead atoms. The third-order valence-electron chi connectivity index (χ3n) is 4.90. The predicted octanol–water partition coefficient (Wildman–Crippen LogP) is 3.77. The lowest BCUT2D eigenvalue weighted by Gasteiger charge is -2.08. The summed E-state index contributed by atoms with van der Waals surface area (Å²) < 4.78 is 16.0. The molecule has 4 aromatic rings. The van der Waals surface area contributed by atoms with E-state index in [9.17, 15) is 9.59 Å². The zero-order valence-corrected chi connectivity index (χ0v) is 17.9. The van der Waals surface area contributed by atoms with Crippen LogP contribution in [0.5, 0.6) is 11.5 Å². The normalized spacial score (nSPS) is 10.5. The van der Waals surface area contributed by atoms with E-state index in [0.717, 1.165) is 0 Å². The molecule has 0 aliphatic rings. The van der Waals surface area contributed by atoms with Crippen LogP contribution in [0, 0.1) is 0 Å². The number of primary amides is 1. The maximum absolute atomic E-state index is 12.9. The fourth-order valence-corrected chi connectivity index (χ4v) is 3.21. The summed E-state index contributed by atoms with van der Waals surface area (Å²) in [7, 11) is 3.09. The van der Waals surface area contributed by atoms with E-state index in [0.29, 0.717) is 45.3 Å². The summed E-state index contributed by atoms with van der Waals surface area (Å²) in [6, 6.07) is 18.4. The van der Waals surface area contributed by atoms with Crippen LogP contribution in [0.2, 0.25) is 0 Å². The second-order valence-electron chi connectivity index (χ2n) is 6.93. The number of hydrogen-bond donors (Lipinski definition) is 2. The summed E-state index contributed by atoms with van der Waals surface area (Å²) in [4.78, 5) is 28.6. The molecule has 0 saturated heterocycles. The van der Waals surface area contributed by atoms with Gasteiger partial charge in [-0.25, -0.2) is 0 Å². The Hall–Kier alpha value is -4.66. The number of amides is 2. The average Bonchev–Trinajstić information content (AvgIpc) is 3.34. The van der Waals surface area contributed by atoms with E-state index < -0.39 is 5.91 Å². The molecule has 0 fully saturated rings. The van der Waals surface area contributed by atoms with Crippen LogP contribution in [0.25, 0.3) is 22.8 Å². The average molecular weight is 444 g/mol. The lowest BCUT2D eigenvalue weighted by Crippen LogP contribution is -2.14. The fraction of sp³-hybridized carbons (Fsp3) is 0.0833. The van der Waals surface area contributed by atoms with E-state index in [1.807, 2.05) is 0 Å². The second-order valence-corrected chi connectivity index (χ2v) is 6.93. The summed E-state index contributed by atoms with van der Waals surface area (Å²) in [5.41, 5.74) is 7.60. The summed E-state index contributed by atoms with van der Waals surface area (Å²) in [6.45, 7) is 0. The number of nitrogens with two attached hydrogens (primary N) is 1. The minimum Gasteiger partial charge on any atom is -0.493 e. The number of rotatable bonds is 7. The number of nitrogens with one attached hydrogen (secondary N) is 1. The molecule has 9 nitrogen and oxygen atoms in total. The minimum atomic E-state index is -0.542. The molecule has 0 spiro atoms. The van der Waals surface area contributed by atoms with Gasteiger partial charge in [0, 0.05) is 16.8 Å². The van der Waals surface area contributed by atoms with E-state index in [4.69, 9.17) is 19.7 Å². The molecular weight excluding hydrogens is 424 g/mol. The van der Waals surface area contributed by atoms with Crippen molar-refractivity contribution in [3.8, 4) is 34.3 Å². The van der Waals surface area contributed by atoms with E-state index in [-0.39, 0.29) is 11.8 Å². The molecule has 0 aliphatic heterocycles. The van der Waals surface area contributed by atoms with E-state index in [1.165, 1.54) is 12.1 Å². The van der Waals surface area contributed by atoms with Gasteiger partial charge in [-0.2, -0.15) is 4.98 Å². The Kier molecular flexibility index (Phi) is 6.03. The Morgan fingerprint density at radius 2 is 1.67 bits per heavy atom. The van der Waals surface area contributed by atoms with Gasteiger partial charge in [0.25, 0.3) is 11.8 Å². The highest BCUT2D eigenvalue weighted by Gasteiger charge is 2.19. The lowest BCUT2D eigenvalue weighted by atomic mass is 10.1. The van der Waals surface area contributed by atoms with Crippen LogP contribution >= 0.6 is 0 Å². The van der Waals surface area contributed by atoms with Gasteiger partial charge in [0.1, 0.15) is 0 Å². The molecule has 0 radical (unpaired) electrons. The van der Waals surface area contributed by atoms with Gasteiger partial charge in [0.05, 0.1) is 25.3 Å². The van der Waals surface area contributed by atoms with Crippen LogP contribution in [-0.2, 0) is 0 Å². The number of methoxy groups -OCH3 is 2. The van der Waals surface area contributed by atoms with Crippen LogP contribution in [0.1, 0.15) is 20.7 Å². The number of anilines is 1. The Labute approximate surface area is 189 Å². The summed E-state index contributed by atoms with van der Waals surface area (Å²) in [6.07, 6.45) is 0. The van der Waals surface area contributed by atoms with E-state index in [2.05, 4.69) is 15.5 Å². The van der Waals surface area contributed by atoms with Gasteiger partial charge >= 0.3 is 0 Å². The van der Waals surface area contributed by atoms with Gasteiger partial charge in [-0.3, -0.25) is 9.59 Å². The summed E-state index contributed by atoms with van der Waals surface area (Å²) in [5.74, 6) is 0.723. The van der Waals surface area contributed by atoms with Crippen molar-refractivity contribution in [2.24, 2.45) is 5.73 Å². The van der Waals surface area contributed by atoms with Crippen LogP contribution in [0.15, 0.2) is 71.3 Å². The van der Waals surface area contributed by atoms with Gasteiger partial charge < -0.3 is 25.0 Å². The van der Waals surface area contributed by atoms with Crippen molar-refractivity contribution in [3.63, 3.8) is 0 Å². The number of hydrogen-bond acceptors (Lipinski definition) is 7. The standard InChI is InChI=1S/C24H20N4O5/c1-31-19-12-9-15(13-20(19)32-2)22-27-24(33-28-22)18-6-4-3-5-17(18)23(30)26-16-10-7-14(8-11-16)21(25)29/h3-13H,1-2H3,(H2,25,29)(H,26,30). The summed E-state index contributed by atoms with van der Waals surface area (Å²) >= 11 is 0. The first kappa shape index (κ1) is 21.6. The molecule has 2 amide bonds. The topological polar surface area (TPSA) is 130 Å². The first-order valence-corrected chi connectivity index (χ1v) is 9.87. The molecule has 0 saturated carbocycles. The Morgan fingerprint density at radius 3 is 2.36 bits per heavy atom.